The van der Waals surface area contributed by atoms with Gasteiger partial charge in [-0.15, -0.1) is 0 Å². The van der Waals surface area contributed by atoms with Crippen LogP contribution in [0.3, 0.4) is 0 Å². The molecule has 7 heteroatoms. The van der Waals surface area contributed by atoms with E-state index >= 15 is 0 Å². The van der Waals surface area contributed by atoms with Crippen molar-refractivity contribution in [2.75, 3.05) is 24.7 Å². The lowest BCUT2D eigenvalue weighted by Gasteiger charge is -2.25. The van der Waals surface area contributed by atoms with Gasteiger partial charge in [-0.3, -0.25) is 0 Å². The van der Waals surface area contributed by atoms with Crippen molar-refractivity contribution in [3.8, 4) is 0 Å². The molecule has 0 aromatic heterocycles. The van der Waals surface area contributed by atoms with Gasteiger partial charge in [0.1, 0.15) is 0 Å². The Morgan fingerprint density at radius 1 is 1.47 bits per heavy atom. The number of thiocarbonyl (C=S) groups is 1. The van der Waals surface area contributed by atoms with Crippen LogP contribution in [0, 0.1) is 0 Å². The second-order valence-corrected chi connectivity index (χ2v) is 7.53. The highest BCUT2D eigenvalue weighted by atomic mass is 32.2. The van der Waals surface area contributed by atoms with E-state index in [0.717, 1.165) is 26.0 Å². The summed E-state index contributed by atoms with van der Waals surface area (Å²) in [5.74, 6) is 0.428. The molecule has 5 nitrogen and oxygen atoms in total. The predicted molar refractivity (Wildman–Crippen MR) is 67.6 cm³/mol. The van der Waals surface area contributed by atoms with E-state index in [2.05, 4.69) is 5.32 Å². The minimum atomic E-state index is -2.90. The Morgan fingerprint density at radius 2 is 2.29 bits per heavy atom. The van der Waals surface area contributed by atoms with Gasteiger partial charge in [-0.05, 0) is 25.1 Å². The average molecular weight is 276 g/mol. The first-order valence-electron chi connectivity index (χ1n) is 5.94. The number of ether oxygens (including phenoxy) is 1. The summed E-state index contributed by atoms with van der Waals surface area (Å²) < 4.78 is 28.8. The fraction of sp³-hybridized carbons (Fsp3) is 0.900. The topological polar surface area (TPSA) is 58.6 Å². The first-order valence-corrected chi connectivity index (χ1v) is 8.17. The highest BCUT2D eigenvalue weighted by Crippen LogP contribution is 2.26. The molecule has 3 atom stereocenters. The standard InChI is InChI=1S/C10H16N2O3S2/c13-17(14)5-8-9(6-17)12(10(16)11-8)4-7-2-1-3-15-7/h7-9H,1-6H2,(H,11,16)/t7-,8-,9+/m0/s1. The summed E-state index contributed by atoms with van der Waals surface area (Å²) in [5, 5.41) is 3.80. The van der Waals surface area contributed by atoms with Crippen LogP contribution >= 0.6 is 12.2 Å². The van der Waals surface area contributed by atoms with Gasteiger partial charge in [0.25, 0.3) is 0 Å². The molecule has 0 spiro atoms. The quantitative estimate of drug-likeness (QED) is 0.688. The van der Waals surface area contributed by atoms with E-state index in [1.807, 2.05) is 4.90 Å². The fourth-order valence-electron chi connectivity index (χ4n) is 2.89. The van der Waals surface area contributed by atoms with Gasteiger partial charge in [0.05, 0.1) is 29.7 Å². The molecule has 1 N–H and O–H groups in total. The van der Waals surface area contributed by atoms with Crippen molar-refractivity contribution in [3.05, 3.63) is 0 Å². The molecule has 3 fully saturated rings. The zero-order valence-electron chi connectivity index (χ0n) is 9.46. The van der Waals surface area contributed by atoms with Crippen LogP contribution in [0.25, 0.3) is 0 Å². The summed E-state index contributed by atoms with van der Waals surface area (Å²) >= 11 is 5.27. The van der Waals surface area contributed by atoms with Crippen molar-refractivity contribution in [1.29, 1.82) is 0 Å². The third-order valence-electron chi connectivity index (χ3n) is 3.72. The van der Waals surface area contributed by atoms with E-state index in [-0.39, 0.29) is 29.7 Å². The number of nitrogens with one attached hydrogen (secondary N) is 1. The summed E-state index contributed by atoms with van der Waals surface area (Å²) in [4.78, 5) is 2.01. The number of rotatable bonds is 2. The third-order valence-corrected chi connectivity index (χ3v) is 5.79. The first-order chi connectivity index (χ1) is 8.05. The summed E-state index contributed by atoms with van der Waals surface area (Å²) in [6.07, 6.45) is 2.34. The molecule has 3 aliphatic heterocycles. The minimum absolute atomic E-state index is 0.0108. The molecule has 17 heavy (non-hydrogen) atoms. The minimum Gasteiger partial charge on any atom is -0.376 e. The molecular weight excluding hydrogens is 260 g/mol. The summed E-state index contributed by atoms with van der Waals surface area (Å²) in [7, 11) is -2.90. The molecule has 0 radical (unpaired) electrons. The van der Waals surface area contributed by atoms with Gasteiger partial charge in [0.15, 0.2) is 14.9 Å². The molecule has 0 amide bonds. The summed E-state index contributed by atoms with van der Waals surface area (Å²) in [6.45, 7) is 1.54. The maximum Gasteiger partial charge on any atom is 0.169 e. The molecule has 0 saturated carbocycles. The molecular formula is C10H16N2O3S2. The number of hydrogen-bond acceptors (Lipinski definition) is 4. The van der Waals surface area contributed by atoms with Crippen molar-refractivity contribution in [2.45, 2.75) is 31.0 Å². The molecule has 3 aliphatic rings. The van der Waals surface area contributed by atoms with E-state index in [1.165, 1.54) is 0 Å². The lowest BCUT2D eigenvalue weighted by atomic mass is 10.1. The van der Waals surface area contributed by atoms with Crippen LogP contribution in [-0.2, 0) is 14.6 Å². The van der Waals surface area contributed by atoms with Crippen molar-refractivity contribution in [2.24, 2.45) is 0 Å². The molecule has 0 unspecified atom stereocenters. The van der Waals surface area contributed by atoms with Crippen molar-refractivity contribution in [3.63, 3.8) is 0 Å². The monoisotopic (exact) mass is 276 g/mol. The maximum atomic E-state index is 11.6. The van der Waals surface area contributed by atoms with Gasteiger partial charge < -0.3 is 15.0 Å². The zero-order valence-corrected chi connectivity index (χ0v) is 11.1. The van der Waals surface area contributed by atoms with Gasteiger partial charge >= 0.3 is 0 Å². The van der Waals surface area contributed by atoms with E-state index in [0.29, 0.717) is 5.11 Å². The smallest absolute Gasteiger partial charge is 0.169 e. The van der Waals surface area contributed by atoms with Crippen LogP contribution in [0.15, 0.2) is 0 Å². The lowest BCUT2D eigenvalue weighted by Crippen LogP contribution is -2.41. The second kappa shape index (κ2) is 4.07. The molecule has 0 bridgehead atoms. The van der Waals surface area contributed by atoms with E-state index in [4.69, 9.17) is 17.0 Å². The van der Waals surface area contributed by atoms with E-state index in [1.54, 1.807) is 0 Å². The van der Waals surface area contributed by atoms with Gasteiger partial charge in [0, 0.05) is 13.2 Å². The molecule has 96 valence electrons. The van der Waals surface area contributed by atoms with Crippen LogP contribution in [0.1, 0.15) is 12.8 Å². The highest BCUT2D eigenvalue weighted by molar-refractivity contribution is 7.91. The van der Waals surface area contributed by atoms with Crippen molar-refractivity contribution >= 4 is 27.2 Å². The zero-order chi connectivity index (χ0) is 12.0. The summed E-state index contributed by atoms with van der Waals surface area (Å²) in [6, 6.07) is -0.00870. The van der Waals surface area contributed by atoms with Gasteiger partial charge in [-0.25, -0.2) is 8.42 Å². The van der Waals surface area contributed by atoms with Crippen LogP contribution in [-0.4, -0.2) is 61.3 Å². The Kier molecular flexibility index (Phi) is 2.79. The third kappa shape index (κ3) is 2.15. The number of nitrogens with zero attached hydrogens (tertiary/aromatic N) is 1. The normalized spacial score (nSPS) is 39.4. The van der Waals surface area contributed by atoms with Crippen molar-refractivity contribution in [1.82, 2.24) is 10.2 Å². The lowest BCUT2D eigenvalue weighted by molar-refractivity contribution is 0.0874. The molecule has 3 saturated heterocycles. The SMILES string of the molecule is O=S1(=O)C[C@@H]2NC(=S)N(C[C@@H]3CCCO3)[C@@H]2C1. The Hall–Kier alpha value is -0.400. The van der Waals surface area contributed by atoms with Crippen LogP contribution in [0.2, 0.25) is 0 Å². The Morgan fingerprint density at radius 3 is 3.00 bits per heavy atom. The predicted octanol–water partition coefficient (Wildman–Crippen LogP) is -0.479. The van der Waals surface area contributed by atoms with Crippen LogP contribution in [0.5, 0.6) is 0 Å². The van der Waals surface area contributed by atoms with Gasteiger partial charge in [0.2, 0.25) is 0 Å². The van der Waals surface area contributed by atoms with Gasteiger partial charge in [-0.2, -0.15) is 0 Å². The fourth-order valence-corrected chi connectivity index (χ4v) is 5.17. The Labute approximate surface area is 106 Å². The van der Waals surface area contributed by atoms with Crippen LogP contribution in [0.4, 0.5) is 0 Å². The molecule has 0 aromatic carbocycles. The number of hydrogen-bond donors (Lipinski definition) is 1. The molecule has 3 heterocycles. The summed E-state index contributed by atoms with van der Waals surface area (Å²) in [5.41, 5.74) is 0. The first kappa shape index (κ1) is 11.7. The largest absolute Gasteiger partial charge is 0.376 e. The highest BCUT2D eigenvalue weighted by Gasteiger charge is 2.47. The molecule has 0 aliphatic carbocycles. The van der Waals surface area contributed by atoms with E-state index in [9.17, 15) is 8.42 Å². The van der Waals surface area contributed by atoms with Crippen molar-refractivity contribution < 1.29 is 13.2 Å². The molecule has 3 rings (SSSR count). The second-order valence-electron chi connectivity index (χ2n) is 4.99. The van der Waals surface area contributed by atoms with Crippen LogP contribution < -0.4 is 5.32 Å². The number of fused-ring (bicyclic) bond motifs is 1. The van der Waals surface area contributed by atoms with Gasteiger partial charge in [-0.1, -0.05) is 0 Å². The maximum absolute atomic E-state index is 11.6. The molecule has 0 aromatic rings. The Bertz CT molecular complexity index is 431. The average Bonchev–Trinajstić information content (AvgIpc) is 2.87. The van der Waals surface area contributed by atoms with E-state index < -0.39 is 9.84 Å². The number of sulfone groups is 1. The Balaban J connectivity index is 1.72.